The zero-order valence-electron chi connectivity index (χ0n) is 15.1. The number of aryl methyl sites for hydroxylation is 1. The molecule has 1 aliphatic rings. The van der Waals surface area contributed by atoms with E-state index in [4.69, 9.17) is 0 Å². The lowest BCUT2D eigenvalue weighted by Crippen LogP contribution is -2.38. The van der Waals surface area contributed by atoms with E-state index in [2.05, 4.69) is 10.8 Å². The van der Waals surface area contributed by atoms with Crippen molar-refractivity contribution < 1.29 is 13.2 Å². The Labute approximate surface area is 155 Å². The molecule has 0 aromatic carbocycles. The van der Waals surface area contributed by atoms with E-state index in [1.54, 1.807) is 11.0 Å². The predicted octanol–water partition coefficient (Wildman–Crippen LogP) is 3.33. The summed E-state index contributed by atoms with van der Waals surface area (Å²) in [5, 5.41) is 0. The first-order chi connectivity index (χ1) is 11.9. The number of allylic oxidation sites excluding steroid dienone is 1. The zero-order valence-corrected chi connectivity index (χ0v) is 16.7. The van der Waals surface area contributed by atoms with E-state index >= 15 is 0 Å². The van der Waals surface area contributed by atoms with Gasteiger partial charge in [0.25, 0.3) is 0 Å². The van der Waals surface area contributed by atoms with Crippen LogP contribution in [0.2, 0.25) is 0 Å². The monoisotopic (exact) mass is 384 g/mol. The third-order valence-electron chi connectivity index (χ3n) is 4.46. The van der Waals surface area contributed by atoms with Crippen molar-refractivity contribution in [2.45, 2.75) is 56.6 Å². The van der Waals surface area contributed by atoms with Crippen molar-refractivity contribution in [1.29, 1.82) is 0 Å². The summed E-state index contributed by atoms with van der Waals surface area (Å²) in [7, 11) is -3.49. The van der Waals surface area contributed by atoms with Crippen LogP contribution < -0.4 is 4.72 Å². The molecule has 0 saturated heterocycles. The number of nitrogens with one attached hydrogen (secondary N) is 1. The molecule has 0 fully saturated rings. The van der Waals surface area contributed by atoms with Gasteiger partial charge < -0.3 is 4.90 Å². The van der Waals surface area contributed by atoms with Gasteiger partial charge in [0, 0.05) is 31.4 Å². The fraction of sp³-hybridized carbons (Fsp3) is 0.611. The van der Waals surface area contributed by atoms with Crippen LogP contribution in [-0.4, -0.2) is 38.9 Å². The second-order valence-corrected chi connectivity index (χ2v) is 9.50. The van der Waals surface area contributed by atoms with Gasteiger partial charge in [0.15, 0.2) is 0 Å². The first-order valence-corrected chi connectivity index (χ1v) is 11.2. The molecule has 0 atom stereocenters. The van der Waals surface area contributed by atoms with E-state index in [1.807, 2.05) is 13.0 Å². The fourth-order valence-electron chi connectivity index (χ4n) is 2.92. The molecule has 7 heteroatoms. The van der Waals surface area contributed by atoms with Gasteiger partial charge in [-0.3, -0.25) is 4.79 Å². The smallest absolute Gasteiger partial charge is 0.250 e. The van der Waals surface area contributed by atoms with E-state index in [1.165, 1.54) is 36.7 Å². The van der Waals surface area contributed by atoms with E-state index < -0.39 is 10.0 Å². The lowest BCUT2D eigenvalue weighted by molar-refractivity contribution is -0.128. The summed E-state index contributed by atoms with van der Waals surface area (Å²) in [6.07, 6.45) is 8.74. The van der Waals surface area contributed by atoms with Crippen LogP contribution in [0.5, 0.6) is 0 Å². The van der Waals surface area contributed by atoms with Crippen molar-refractivity contribution in [2.75, 3.05) is 19.6 Å². The van der Waals surface area contributed by atoms with Crippen LogP contribution in [0.3, 0.4) is 0 Å². The number of carbonyl (C=O) groups is 1. The van der Waals surface area contributed by atoms with Crippen molar-refractivity contribution in [2.24, 2.45) is 0 Å². The van der Waals surface area contributed by atoms with Crippen LogP contribution >= 0.6 is 11.3 Å². The molecule has 1 aromatic rings. The molecule has 0 bridgehead atoms. The molecule has 0 aliphatic heterocycles. The first-order valence-electron chi connectivity index (χ1n) is 8.94. The number of rotatable bonds is 9. The quantitative estimate of drug-likeness (QED) is 0.664. The summed E-state index contributed by atoms with van der Waals surface area (Å²) in [5.41, 5.74) is 1.42. The minimum Gasteiger partial charge on any atom is -0.341 e. The van der Waals surface area contributed by atoms with Crippen LogP contribution in [0.4, 0.5) is 0 Å². The largest absolute Gasteiger partial charge is 0.341 e. The maximum absolute atomic E-state index is 12.3. The van der Waals surface area contributed by atoms with Crippen molar-refractivity contribution >= 4 is 27.3 Å². The SMILES string of the molecule is CCc1ccc(S(=O)(=O)NCCN(CCC2=CCCCC2)C(C)=O)s1. The Morgan fingerprint density at radius 3 is 2.68 bits per heavy atom. The molecule has 1 aromatic heterocycles. The fourth-order valence-corrected chi connectivity index (χ4v) is 5.28. The van der Waals surface area contributed by atoms with Gasteiger partial charge in [-0.2, -0.15) is 0 Å². The van der Waals surface area contributed by atoms with Crippen molar-refractivity contribution in [3.63, 3.8) is 0 Å². The summed E-state index contributed by atoms with van der Waals surface area (Å²) < 4.78 is 27.6. The summed E-state index contributed by atoms with van der Waals surface area (Å²) >= 11 is 1.30. The maximum atomic E-state index is 12.3. The topological polar surface area (TPSA) is 66.5 Å². The van der Waals surface area contributed by atoms with E-state index in [0.717, 1.165) is 30.6 Å². The van der Waals surface area contributed by atoms with Crippen LogP contribution in [0, 0.1) is 0 Å². The van der Waals surface area contributed by atoms with Gasteiger partial charge in [-0.05, 0) is 50.7 Å². The van der Waals surface area contributed by atoms with Crippen LogP contribution in [0.1, 0.15) is 50.8 Å². The molecular weight excluding hydrogens is 356 g/mol. The Morgan fingerprint density at radius 2 is 2.08 bits per heavy atom. The minimum absolute atomic E-state index is 0.0139. The highest BCUT2D eigenvalue weighted by molar-refractivity contribution is 7.91. The normalized spacial score (nSPS) is 15.0. The molecule has 25 heavy (non-hydrogen) atoms. The molecule has 0 radical (unpaired) electrons. The van der Waals surface area contributed by atoms with Crippen molar-refractivity contribution in [3.05, 3.63) is 28.7 Å². The molecule has 5 nitrogen and oxygen atoms in total. The third kappa shape index (κ3) is 6.24. The molecule has 140 valence electrons. The second kappa shape index (κ2) is 9.50. The Hall–Kier alpha value is -1.18. The number of carbonyl (C=O) groups excluding carboxylic acids is 1. The average Bonchev–Trinajstić information content (AvgIpc) is 3.08. The molecule has 1 heterocycles. The molecule has 0 saturated carbocycles. The Balaban J connectivity index is 1.83. The average molecular weight is 385 g/mol. The number of hydrogen-bond acceptors (Lipinski definition) is 4. The van der Waals surface area contributed by atoms with Crippen molar-refractivity contribution in [1.82, 2.24) is 9.62 Å². The summed E-state index contributed by atoms with van der Waals surface area (Å²) in [6.45, 7) is 4.83. The Kier molecular flexibility index (Phi) is 7.65. The van der Waals surface area contributed by atoms with Gasteiger partial charge in [-0.25, -0.2) is 13.1 Å². The maximum Gasteiger partial charge on any atom is 0.250 e. The highest BCUT2D eigenvalue weighted by Crippen LogP contribution is 2.22. The molecule has 1 N–H and O–H groups in total. The summed E-state index contributed by atoms with van der Waals surface area (Å²) in [6, 6.07) is 3.49. The highest BCUT2D eigenvalue weighted by atomic mass is 32.2. The highest BCUT2D eigenvalue weighted by Gasteiger charge is 2.17. The van der Waals surface area contributed by atoms with Gasteiger partial charge in [0.05, 0.1) is 0 Å². The van der Waals surface area contributed by atoms with Gasteiger partial charge in [-0.15, -0.1) is 11.3 Å². The minimum atomic E-state index is -3.49. The second-order valence-electron chi connectivity index (χ2n) is 6.34. The first kappa shape index (κ1) is 20.1. The molecule has 2 rings (SSSR count). The summed E-state index contributed by atoms with van der Waals surface area (Å²) in [4.78, 5) is 14.6. The van der Waals surface area contributed by atoms with Crippen molar-refractivity contribution in [3.8, 4) is 0 Å². The third-order valence-corrected chi connectivity index (χ3v) is 7.64. The van der Waals surface area contributed by atoms with Crippen LogP contribution in [0.25, 0.3) is 0 Å². The molecule has 0 spiro atoms. The van der Waals surface area contributed by atoms with E-state index in [9.17, 15) is 13.2 Å². The number of amides is 1. The summed E-state index contributed by atoms with van der Waals surface area (Å²) in [5.74, 6) is -0.0139. The molecule has 0 unspecified atom stereocenters. The molecule has 1 aliphatic carbocycles. The lowest BCUT2D eigenvalue weighted by Gasteiger charge is -2.23. The standard InChI is InChI=1S/C18H28N2O3S2/c1-3-17-9-10-18(24-17)25(22,23)19-12-14-20(15(2)21)13-11-16-7-5-4-6-8-16/h7,9-10,19H,3-6,8,11-14H2,1-2H3. The van der Waals surface area contributed by atoms with Gasteiger partial charge in [-0.1, -0.05) is 18.6 Å². The molecular formula is C18H28N2O3S2. The zero-order chi connectivity index (χ0) is 18.3. The van der Waals surface area contributed by atoms with E-state index in [0.29, 0.717) is 17.3 Å². The predicted molar refractivity (Wildman–Crippen MR) is 102 cm³/mol. The van der Waals surface area contributed by atoms with Crippen LogP contribution in [0.15, 0.2) is 28.0 Å². The number of thiophene rings is 1. The Morgan fingerprint density at radius 1 is 1.28 bits per heavy atom. The van der Waals surface area contributed by atoms with Gasteiger partial charge in [0.1, 0.15) is 4.21 Å². The van der Waals surface area contributed by atoms with Gasteiger partial charge in [0.2, 0.25) is 15.9 Å². The Bertz CT molecular complexity index is 708. The number of hydrogen-bond donors (Lipinski definition) is 1. The van der Waals surface area contributed by atoms with E-state index in [-0.39, 0.29) is 12.5 Å². The van der Waals surface area contributed by atoms with Gasteiger partial charge >= 0.3 is 0 Å². The lowest BCUT2D eigenvalue weighted by atomic mass is 9.97. The van der Waals surface area contributed by atoms with Crippen LogP contribution in [-0.2, 0) is 21.2 Å². The number of sulfonamides is 1. The number of nitrogens with zero attached hydrogens (tertiary/aromatic N) is 1. The molecule has 1 amide bonds.